The highest BCUT2D eigenvalue weighted by atomic mass is 32.1. The number of benzene rings is 2. The fraction of sp³-hybridized carbons (Fsp3) is 0.250. The lowest BCUT2D eigenvalue weighted by Crippen LogP contribution is -2.14. The van der Waals surface area contributed by atoms with Gasteiger partial charge < -0.3 is 5.09 Å². The molecule has 1 unspecified atom stereocenters. The molecular weight excluding hydrogens is 285 g/mol. The van der Waals surface area contributed by atoms with E-state index in [1.807, 2.05) is 60.7 Å². The fourth-order valence-electron chi connectivity index (χ4n) is 2.09. The standard InChI is InChI=1S/C16H20NOPS/c18-19(13-7-8-14-20,16-11-5-2-6-12-16)17-15-9-3-1-4-10-15/h1-6,9-12,20H,7-8,13-14H2,(H,17,18). The molecule has 2 rings (SSSR count). The first kappa shape index (κ1) is 15.2. The Morgan fingerprint density at radius 2 is 1.50 bits per heavy atom. The van der Waals surface area contributed by atoms with Crippen LogP contribution < -0.4 is 10.4 Å². The molecule has 0 saturated carbocycles. The van der Waals surface area contributed by atoms with Crippen LogP contribution in [0.1, 0.15) is 12.8 Å². The second kappa shape index (κ2) is 7.56. The van der Waals surface area contributed by atoms with Gasteiger partial charge in [-0.1, -0.05) is 36.4 Å². The van der Waals surface area contributed by atoms with Gasteiger partial charge in [-0.25, -0.2) is 0 Å². The predicted molar refractivity (Wildman–Crippen MR) is 91.7 cm³/mol. The molecule has 20 heavy (non-hydrogen) atoms. The van der Waals surface area contributed by atoms with E-state index in [0.717, 1.165) is 29.6 Å². The molecule has 4 heteroatoms. The van der Waals surface area contributed by atoms with Gasteiger partial charge in [0.2, 0.25) is 0 Å². The van der Waals surface area contributed by atoms with Crippen molar-refractivity contribution in [3.05, 3.63) is 60.7 Å². The van der Waals surface area contributed by atoms with E-state index in [4.69, 9.17) is 0 Å². The van der Waals surface area contributed by atoms with Gasteiger partial charge in [-0.2, -0.15) is 12.6 Å². The van der Waals surface area contributed by atoms with Crippen LogP contribution in [0.4, 0.5) is 5.69 Å². The third kappa shape index (κ3) is 4.16. The van der Waals surface area contributed by atoms with Crippen LogP contribution in [0, 0.1) is 0 Å². The Hall–Kier alpha value is -1.18. The molecule has 2 aromatic carbocycles. The summed E-state index contributed by atoms with van der Waals surface area (Å²) in [4.78, 5) is 0. The fourth-order valence-corrected chi connectivity index (χ4v) is 4.70. The molecule has 0 aromatic heterocycles. The largest absolute Gasteiger partial charge is 0.333 e. The molecule has 0 fully saturated rings. The third-order valence-electron chi connectivity index (χ3n) is 3.14. The number of unbranched alkanes of at least 4 members (excludes halogenated alkanes) is 1. The van der Waals surface area contributed by atoms with E-state index in [1.54, 1.807) is 0 Å². The van der Waals surface area contributed by atoms with Gasteiger partial charge in [0, 0.05) is 17.2 Å². The highest BCUT2D eigenvalue weighted by Crippen LogP contribution is 2.45. The van der Waals surface area contributed by atoms with Gasteiger partial charge in [0.05, 0.1) is 0 Å². The smallest absolute Gasteiger partial charge is 0.198 e. The molecule has 0 spiro atoms. The first-order valence-electron chi connectivity index (χ1n) is 6.83. The highest BCUT2D eigenvalue weighted by Gasteiger charge is 2.23. The van der Waals surface area contributed by atoms with Gasteiger partial charge in [-0.15, -0.1) is 0 Å². The number of para-hydroxylation sites is 1. The Morgan fingerprint density at radius 1 is 0.900 bits per heavy atom. The number of hydrogen-bond donors (Lipinski definition) is 2. The molecule has 0 bridgehead atoms. The summed E-state index contributed by atoms with van der Waals surface area (Å²) in [5.41, 5.74) is 0.908. The van der Waals surface area contributed by atoms with Crippen molar-refractivity contribution in [1.29, 1.82) is 0 Å². The summed E-state index contributed by atoms with van der Waals surface area (Å²) in [6.45, 7) is 0. The van der Waals surface area contributed by atoms with E-state index in [-0.39, 0.29) is 0 Å². The molecule has 2 aromatic rings. The molecule has 0 aliphatic heterocycles. The zero-order valence-corrected chi connectivity index (χ0v) is 13.2. The predicted octanol–water partition coefficient (Wildman–Crippen LogP) is 4.41. The SMILES string of the molecule is O=P(CCCCS)(Nc1ccccc1)c1ccccc1. The van der Waals surface area contributed by atoms with E-state index in [0.29, 0.717) is 6.16 Å². The minimum Gasteiger partial charge on any atom is -0.333 e. The van der Waals surface area contributed by atoms with Crippen LogP contribution in [0.25, 0.3) is 0 Å². The van der Waals surface area contributed by atoms with Crippen molar-refractivity contribution >= 4 is 30.9 Å². The Balaban J connectivity index is 2.22. The molecule has 106 valence electrons. The zero-order valence-electron chi connectivity index (χ0n) is 11.4. The number of thiol groups is 1. The van der Waals surface area contributed by atoms with Crippen LogP contribution in [-0.4, -0.2) is 11.9 Å². The van der Waals surface area contributed by atoms with Gasteiger partial charge in [0.25, 0.3) is 0 Å². The minimum absolute atomic E-state index is 0.659. The maximum Gasteiger partial charge on any atom is 0.198 e. The summed E-state index contributed by atoms with van der Waals surface area (Å²) in [7, 11) is -2.61. The molecule has 1 N–H and O–H groups in total. The average Bonchev–Trinajstić information content (AvgIpc) is 2.49. The van der Waals surface area contributed by atoms with Crippen LogP contribution in [0.15, 0.2) is 60.7 Å². The van der Waals surface area contributed by atoms with Gasteiger partial charge in [0.1, 0.15) is 0 Å². The van der Waals surface area contributed by atoms with Crippen LogP contribution in [0.2, 0.25) is 0 Å². The highest BCUT2D eigenvalue weighted by molar-refractivity contribution is 7.80. The lowest BCUT2D eigenvalue weighted by atomic mass is 10.3. The van der Waals surface area contributed by atoms with Crippen molar-refractivity contribution in [2.24, 2.45) is 0 Å². The summed E-state index contributed by atoms with van der Waals surface area (Å²) in [6.07, 6.45) is 2.55. The summed E-state index contributed by atoms with van der Waals surface area (Å²) in [5, 5.41) is 4.15. The number of rotatable bonds is 7. The average molecular weight is 305 g/mol. The third-order valence-corrected chi connectivity index (χ3v) is 6.15. The van der Waals surface area contributed by atoms with Crippen molar-refractivity contribution < 1.29 is 4.57 Å². The van der Waals surface area contributed by atoms with Gasteiger partial charge in [-0.05, 0) is 42.9 Å². The van der Waals surface area contributed by atoms with Gasteiger partial charge in [0.15, 0.2) is 7.29 Å². The monoisotopic (exact) mass is 305 g/mol. The molecular formula is C16H20NOPS. The zero-order chi connectivity index (χ0) is 14.3. The summed E-state index contributed by atoms with van der Waals surface area (Å²) >= 11 is 4.23. The topological polar surface area (TPSA) is 29.1 Å². The lowest BCUT2D eigenvalue weighted by Gasteiger charge is -2.21. The maximum atomic E-state index is 13.3. The van der Waals surface area contributed by atoms with E-state index in [1.165, 1.54) is 0 Å². The van der Waals surface area contributed by atoms with Crippen LogP contribution in [0.5, 0.6) is 0 Å². The van der Waals surface area contributed by atoms with Crippen molar-refractivity contribution in [3.63, 3.8) is 0 Å². The van der Waals surface area contributed by atoms with Gasteiger partial charge >= 0.3 is 0 Å². The Labute approximate surface area is 126 Å². The quantitative estimate of drug-likeness (QED) is 0.451. The van der Waals surface area contributed by atoms with Crippen LogP contribution >= 0.6 is 19.9 Å². The number of hydrogen-bond acceptors (Lipinski definition) is 2. The van der Waals surface area contributed by atoms with Crippen LogP contribution in [-0.2, 0) is 4.57 Å². The van der Waals surface area contributed by atoms with E-state index < -0.39 is 7.29 Å². The molecule has 0 heterocycles. The Bertz CT molecular complexity index is 559. The molecule has 0 radical (unpaired) electrons. The van der Waals surface area contributed by atoms with Crippen molar-refractivity contribution in [3.8, 4) is 0 Å². The summed E-state index contributed by atoms with van der Waals surface area (Å²) in [5.74, 6) is 0.833. The minimum atomic E-state index is -2.61. The van der Waals surface area contributed by atoms with E-state index in [2.05, 4.69) is 17.7 Å². The molecule has 0 saturated heterocycles. The van der Waals surface area contributed by atoms with Crippen LogP contribution in [0.3, 0.4) is 0 Å². The second-order valence-electron chi connectivity index (χ2n) is 4.71. The molecule has 0 aliphatic rings. The summed E-state index contributed by atoms with van der Waals surface area (Å²) < 4.78 is 13.3. The molecule has 0 amide bonds. The Kier molecular flexibility index (Phi) is 5.75. The van der Waals surface area contributed by atoms with Gasteiger partial charge in [-0.3, -0.25) is 4.57 Å². The lowest BCUT2D eigenvalue weighted by molar-refractivity contribution is 0.582. The Morgan fingerprint density at radius 3 is 2.10 bits per heavy atom. The molecule has 2 nitrogen and oxygen atoms in total. The normalized spacial score (nSPS) is 13.7. The first-order chi connectivity index (χ1) is 9.74. The van der Waals surface area contributed by atoms with Crippen molar-refractivity contribution in [2.75, 3.05) is 17.0 Å². The van der Waals surface area contributed by atoms with E-state index in [9.17, 15) is 4.57 Å². The van der Waals surface area contributed by atoms with E-state index >= 15 is 0 Å². The second-order valence-corrected chi connectivity index (χ2v) is 7.82. The molecule has 1 atom stereocenters. The first-order valence-corrected chi connectivity index (χ1v) is 9.36. The number of anilines is 1. The van der Waals surface area contributed by atoms with Crippen molar-refractivity contribution in [2.45, 2.75) is 12.8 Å². The molecule has 0 aliphatic carbocycles. The summed E-state index contributed by atoms with van der Waals surface area (Å²) in [6, 6.07) is 19.5. The maximum absolute atomic E-state index is 13.3. The van der Waals surface area contributed by atoms with Crippen molar-refractivity contribution in [1.82, 2.24) is 0 Å². The number of nitrogens with one attached hydrogen (secondary N) is 1.